The number of likely N-dealkylation sites (N-methyl/N-ethyl adjacent to an activating group) is 2. The number of ether oxygens (including phenoxy) is 3. The second-order valence-electron chi connectivity index (χ2n) is 17.1. The fourth-order valence-electron chi connectivity index (χ4n) is 11.4. The van der Waals surface area contributed by atoms with E-state index in [2.05, 4.69) is 23.7 Å². The van der Waals surface area contributed by atoms with E-state index in [9.17, 15) is 14.7 Å². The van der Waals surface area contributed by atoms with E-state index in [1.165, 1.54) is 35.4 Å². The molecule has 13 heteroatoms. The van der Waals surface area contributed by atoms with Crippen LogP contribution < -0.4 is 31.6 Å². The van der Waals surface area contributed by atoms with Gasteiger partial charge in [0.2, 0.25) is 5.91 Å². The number of benzene rings is 1. The smallest absolute Gasteiger partial charge is 0.415 e. The van der Waals surface area contributed by atoms with Gasteiger partial charge in [-0.25, -0.2) is 4.79 Å². The first-order valence-electron chi connectivity index (χ1n) is 18.6. The number of quaternary nitrogens is 1. The van der Waals surface area contributed by atoms with Crippen LogP contribution in [0.15, 0.2) is 12.1 Å². The molecule has 276 valence electrons. The van der Waals surface area contributed by atoms with Gasteiger partial charge in [0.15, 0.2) is 17.5 Å². The van der Waals surface area contributed by atoms with Crippen LogP contribution in [0, 0.1) is 22.7 Å². The van der Waals surface area contributed by atoms with Crippen molar-refractivity contribution in [3.63, 3.8) is 0 Å². The van der Waals surface area contributed by atoms with E-state index in [4.69, 9.17) is 31.1 Å². The van der Waals surface area contributed by atoms with Crippen molar-refractivity contribution in [2.45, 2.75) is 106 Å². The van der Waals surface area contributed by atoms with Gasteiger partial charge in [-0.2, -0.15) is 0 Å². The number of nitrogens with one attached hydrogen (secondary N) is 3. The average Bonchev–Trinajstić information content (AvgIpc) is 3.80. The normalized spacial score (nSPS) is 35.1. The summed E-state index contributed by atoms with van der Waals surface area (Å²) < 4.78 is 20.9. The van der Waals surface area contributed by atoms with Crippen LogP contribution in [0.25, 0.3) is 0 Å². The molecule has 2 heterocycles. The molecule has 1 aromatic carbocycles. The number of carbonyl (C=O) groups is 2. The van der Waals surface area contributed by atoms with Crippen molar-refractivity contribution in [1.29, 1.82) is 5.41 Å². The van der Waals surface area contributed by atoms with E-state index >= 15 is 0 Å². The van der Waals surface area contributed by atoms with Gasteiger partial charge in [0.1, 0.15) is 11.7 Å². The Kier molecular flexibility index (Phi) is 8.64. The third-order valence-corrected chi connectivity index (χ3v) is 13.8. The molecule has 50 heavy (non-hydrogen) atoms. The first-order valence-corrected chi connectivity index (χ1v) is 18.6. The lowest BCUT2D eigenvalue weighted by atomic mass is 9.33. The first-order chi connectivity index (χ1) is 23.6. The molecular formula is C37H58N7O6+. The summed E-state index contributed by atoms with van der Waals surface area (Å²) in [6.07, 6.45) is 7.55. The van der Waals surface area contributed by atoms with E-state index in [1.807, 2.05) is 19.9 Å². The van der Waals surface area contributed by atoms with E-state index in [-0.39, 0.29) is 47.8 Å². The Balaban J connectivity index is 1.12. The standard InChI is InChI=1S/C37H57N7O6/c1-34(2,47)26-20-35-12-13-37(26,48-5)31-36(35)14-18-44(4,21-22-8-9-22)27(35)19-23-10-11-25(29(50-31)28(23)36)49-33(46)43(3)17-16-41-30(45)24(38)7-6-15-42-32(39)40/h10-11,22,24,26-27,31,47H,6-9,12-21,38H2,1-5H3,(H4-,39,40,41,42,45)/p+1/t24-,26+,27+,31+,35+,36-,37+,44?/m0/s1. The lowest BCUT2D eigenvalue weighted by molar-refractivity contribution is -0.952. The van der Waals surface area contributed by atoms with Gasteiger partial charge in [0, 0.05) is 69.4 Å². The summed E-state index contributed by atoms with van der Waals surface area (Å²) in [6.45, 7) is 7.07. The zero-order valence-corrected chi connectivity index (χ0v) is 30.5. The van der Waals surface area contributed by atoms with Gasteiger partial charge in [-0.1, -0.05) is 6.07 Å². The highest BCUT2D eigenvalue weighted by Gasteiger charge is 2.84. The molecule has 13 nitrogen and oxygen atoms in total. The second-order valence-corrected chi connectivity index (χ2v) is 17.1. The van der Waals surface area contributed by atoms with Crippen LogP contribution in [-0.4, -0.2) is 116 Å². The van der Waals surface area contributed by atoms with Gasteiger partial charge in [0.25, 0.3) is 0 Å². The number of carbonyl (C=O) groups excluding carboxylic acids is 2. The van der Waals surface area contributed by atoms with Crippen LogP contribution in [0.2, 0.25) is 0 Å². The Morgan fingerprint density at radius 1 is 1.22 bits per heavy atom. The third-order valence-electron chi connectivity index (χ3n) is 13.8. The highest BCUT2D eigenvalue weighted by molar-refractivity contribution is 5.81. The zero-order chi connectivity index (χ0) is 35.9. The zero-order valence-electron chi connectivity index (χ0n) is 30.5. The number of aliphatic hydroxyl groups is 1. The molecule has 2 spiro atoms. The SMILES string of the molecule is CO[C@]12CC[C@@]3(C[C@@H]1C(C)(C)O)[C@H]1Cc4ccc(OC(=O)N(C)CCNC(=O)[C@@H](N)CCCNC(=N)N)c5c4[C@@]3(CC[N+]1(C)CC1CC1)[C@H]2O5. The third kappa shape index (κ3) is 5.28. The van der Waals surface area contributed by atoms with Crippen molar-refractivity contribution < 1.29 is 33.4 Å². The van der Waals surface area contributed by atoms with Gasteiger partial charge in [0.05, 0.1) is 43.2 Å². The van der Waals surface area contributed by atoms with Crippen molar-refractivity contribution >= 4 is 18.0 Å². The molecule has 0 radical (unpaired) electrons. The Morgan fingerprint density at radius 2 is 1.98 bits per heavy atom. The van der Waals surface area contributed by atoms with Crippen molar-refractivity contribution in [2.75, 3.05) is 53.9 Å². The number of hydrogen-bond donors (Lipinski definition) is 6. The number of amides is 2. The number of nitrogens with zero attached hydrogens (tertiary/aromatic N) is 2. The van der Waals surface area contributed by atoms with E-state index in [0.717, 1.165) is 49.0 Å². The molecule has 1 saturated heterocycles. The number of hydrogen-bond acceptors (Lipinski definition) is 8. The molecule has 5 aliphatic carbocycles. The first kappa shape index (κ1) is 35.3. The molecular weight excluding hydrogens is 638 g/mol. The predicted octanol–water partition coefficient (Wildman–Crippen LogP) is 1.96. The Morgan fingerprint density at radius 3 is 2.66 bits per heavy atom. The largest absolute Gasteiger partial charge is 0.482 e. The van der Waals surface area contributed by atoms with Crippen LogP contribution in [0.3, 0.4) is 0 Å². The lowest BCUT2D eigenvalue weighted by Crippen LogP contribution is -2.84. The van der Waals surface area contributed by atoms with Crippen LogP contribution >= 0.6 is 0 Å². The van der Waals surface area contributed by atoms with Gasteiger partial charge < -0.3 is 50.8 Å². The van der Waals surface area contributed by atoms with E-state index in [1.54, 1.807) is 14.2 Å². The number of fused-ring (bicyclic) bond motifs is 2. The highest BCUT2D eigenvalue weighted by Crippen LogP contribution is 2.78. The number of rotatable bonds is 13. The minimum atomic E-state index is -0.957. The highest BCUT2D eigenvalue weighted by atomic mass is 16.6. The summed E-state index contributed by atoms with van der Waals surface area (Å²) in [5.74, 6) is 1.36. The fourth-order valence-corrected chi connectivity index (χ4v) is 11.4. The number of piperidine rings is 1. The molecule has 0 aromatic heterocycles. The van der Waals surface area contributed by atoms with Crippen LogP contribution in [-0.2, 0) is 21.4 Å². The van der Waals surface area contributed by atoms with Crippen molar-refractivity contribution in [3.8, 4) is 11.5 Å². The number of guanidine groups is 1. The van der Waals surface area contributed by atoms with E-state index < -0.39 is 23.3 Å². The minimum absolute atomic E-state index is 0.0643. The molecule has 4 saturated carbocycles. The summed E-state index contributed by atoms with van der Waals surface area (Å²) in [7, 11) is 5.92. The molecule has 8 atom stereocenters. The Bertz CT molecular complexity index is 1550. The molecule has 1 unspecified atom stereocenters. The summed E-state index contributed by atoms with van der Waals surface area (Å²) in [5.41, 5.74) is 11.8. The van der Waals surface area contributed by atoms with Crippen LogP contribution in [0.5, 0.6) is 11.5 Å². The molecule has 8 rings (SSSR count). The summed E-state index contributed by atoms with van der Waals surface area (Å²) in [5, 5.41) is 24.5. The van der Waals surface area contributed by atoms with Crippen LogP contribution in [0.1, 0.15) is 76.3 Å². The maximum absolute atomic E-state index is 13.5. The van der Waals surface area contributed by atoms with Crippen LogP contribution in [0.4, 0.5) is 4.79 Å². The molecule has 2 aliphatic heterocycles. The minimum Gasteiger partial charge on any atom is -0.482 e. The summed E-state index contributed by atoms with van der Waals surface area (Å²) in [4.78, 5) is 27.4. The predicted molar refractivity (Wildman–Crippen MR) is 188 cm³/mol. The summed E-state index contributed by atoms with van der Waals surface area (Å²) >= 11 is 0. The van der Waals surface area contributed by atoms with Gasteiger partial charge in [-0.3, -0.25) is 10.2 Å². The second kappa shape index (κ2) is 12.2. The molecule has 1 aromatic rings. The van der Waals surface area contributed by atoms with Gasteiger partial charge >= 0.3 is 6.09 Å². The lowest BCUT2D eigenvalue weighted by Gasteiger charge is -2.75. The maximum atomic E-state index is 13.5. The molecule has 4 bridgehead atoms. The molecule has 2 amide bonds. The maximum Gasteiger partial charge on any atom is 0.415 e. The Labute approximate surface area is 295 Å². The molecule has 5 fully saturated rings. The topological polar surface area (TPSA) is 185 Å². The van der Waals surface area contributed by atoms with E-state index in [0.29, 0.717) is 36.9 Å². The average molecular weight is 697 g/mol. The van der Waals surface area contributed by atoms with Gasteiger partial charge in [-0.05, 0) is 70.4 Å². The number of likely N-dealkylation sites (tertiary alicyclic amines) is 1. The van der Waals surface area contributed by atoms with Crippen molar-refractivity contribution in [3.05, 3.63) is 23.3 Å². The number of methoxy groups -OCH3 is 1. The monoisotopic (exact) mass is 696 g/mol. The van der Waals surface area contributed by atoms with Gasteiger partial charge in [-0.15, -0.1) is 0 Å². The summed E-state index contributed by atoms with van der Waals surface area (Å²) in [6, 6.07) is 3.77. The Hall–Kier alpha value is -3.13. The van der Waals surface area contributed by atoms with Crippen molar-refractivity contribution in [1.82, 2.24) is 15.5 Å². The molecule has 7 aliphatic rings. The fraction of sp³-hybridized carbons (Fsp3) is 0.757. The molecule has 8 N–H and O–H groups in total. The quantitative estimate of drug-likeness (QED) is 0.0777. The van der Waals surface area contributed by atoms with Crippen molar-refractivity contribution in [2.24, 2.45) is 28.7 Å². The number of nitrogens with two attached hydrogens (primary N) is 2.